The van der Waals surface area contributed by atoms with Gasteiger partial charge in [0.05, 0.1) is 0 Å². The van der Waals surface area contributed by atoms with Crippen molar-refractivity contribution in [2.75, 3.05) is 26.3 Å². The molecule has 0 unspecified atom stereocenters. The van der Waals surface area contributed by atoms with E-state index in [9.17, 15) is 0 Å². The Labute approximate surface area is 143 Å². The highest BCUT2D eigenvalue weighted by molar-refractivity contribution is 5.81. The van der Waals surface area contributed by atoms with Crippen molar-refractivity contribution in [1.29, 1.82) is 0 Å². The van der Waals surface area contributed by atoms with Crippen molar-refractivity contribution in [3.05, 3.63) is 11.6 Å². The maximum Gasteiger partial charge on any atom is 0.194 e. The number of hydrogen-bond donors (Lipinski definition) is 1. The Bertz CT molecular complexity index is 615. The minimum Gasteiger partial charge on any atom is -0.381 e. The Balaban J connectivity index is 1.47. The van der Waals surface area contributed by atoms with Crippen molar-refractivity contribution in [2.24, 2.45) is 17.5 Å². The molecule has 1 N–H and O–H groups in total. The van der Waals surface area contributed by atoms with Gasteiger partial charge in [-0.25, -0.2) is 4.99 Å². The minimum absolute atomic E-state index is 0.436. The molecule has 1 spiro atoms. The first-order valence-electron chi connectivity index (χ1n) is 9.14. The van der Waals surface area contributed by atoms with Crippen LogP contribution in [0, 0.1) is 12.3 Å². The Morgan fingerprint density at radius 2 is 2.08 bits per heavy atom. The molecule has 1 aliphatic carbocycles. The smallest absolute Gasteiger partial charge is 0.194 e. The summed E-state index contributed by atoms with van der Waals surface area (Å²) in [6.07, 6.45) is 6.14. The zero-order valence-electron chi connectivity index (χ0n) is 14.8. The van der Waals surface area contributed by atoms with Crippen LogP contribution in [0.15, 0.2) is 4.99 Å². The van der Waals surface area contributed by atoms with Crippen LogP contribution in [0.3, 0.4) is 0 Å². The third kappa shape index (κ3) is 3.27. The van der Waals surface area contributed by atoms with E-state index < -0.39 is 0 Å². The van der Waals surface area contributed by atoms with Crippen LogP contribution < -0.4 is 5.32 Å². The van der Waals surface area contributed by atoms with Gasteiger partial charge < -0.3 is 19.5 Å². The summed E-state index contributed by atoms with van der Waals surface area (Å²) in [7, 11) is 2.00. The Morgan fingerprint density at radius 3 is 2.75 bits per heavy atom. The third-order valence-corrected chi connectivity index (χ3v) is 5.75. The van der Waals surface area contributed by atoms with Crippen LogP contribution in [0.1, 0.15) is 43.8 Å². The predicted octanol–water partition coefficient (Wildman–Crippen LogP) is 1.23. The quantitative estimate of drug-likeness (QED) is 0.666. The lowest BCUT2D eigenvalue weighted by atomic mass is 9.80. The highest BCUT2D eigenvalue weighted by Crippen LogP contribution is 2.39. The average molecular weight is 332 g/mol. The van der Waals surface area contributed by atoms with Gasteiger partial charge in [-0.1, -0.05) is 0 Å². The molecule has 7 heteroatoms. The number of ether oxygens (including phenoxy) is 1. The van der Waals surface area contributed by atoms with E-state index in [1.54, 1.807) is 0 Å². The SMILES string of the molecule is Cc1nnc(CN=C(NC2CC2)N2CCC3(CCOCC3)C2)n1C. The van der Waals surface area contributed by atoms with Gasteiger partial charge in [-0.15, -0.1) is 10.2 Å². The van der Waals surface area contributed by atoms with Crippen LogP contribution in [0.5, 0.6) is 0 Å². The zero-order valence-corrected chi connectivity index (χ0v) is 14.8. The molecule has 1 saturated carbocycles. The Kier molecular flexibility index (Phi) is 4.20. The summed E-state index contributed by atoms with van der Waals surface area (Å²) in [6.45, 7) is 6.57. The van der Waals surface area contributed by atoms with Crippen LogP contribution in [-0.2, 0) is 18.3 Å². The molecule has 0 atom stereocenters. The van der Waals surface area contributed by atoms with Crippen LogP contribution in [0.4, 0.5) is 0 Å². The second-order valence-corrected chi connectivity index (χ2v) is 7.56. The number of nitrogens with zero attached hydrogens (tertiary/aromatic N) is 5. The summed E-state index contributed by atoms with van der Waals surface area (Å²) in [4.78, 5) is 7.34. The van der Waals surface area contributed by atoms with E-state index in [0.717, 1.165) is 43.9 Å². The number of guanidine groups is 1. The molecule has 0 amide bonds. The normalized spacial score (nSPS) is 23.9. The second-order valence-electron chi connectivity index (χ2n) is 7.56. The zero-order chi connectivity index (χ0) is 16.6. The van der Waals surface area contributed by atoms with E-state index in [1.165, 1.54) is 32.1 Å². The first-order chi connectivity index (χ1) is 11.7. The van der Waals surface area contributed by atoms with Crippen LogP contribution in [0.2, 0.25) is 0 Å². The van der Waals surface area contributed by atoms with E-state index in [0.29, 0.717) is 18.0 Å². The average Bonchev–Trinajstić information content (AvgIpc) is 3.25. The number of likely N-dealkylation sites (tertiary alicyclic amines) is 1. The number of hydrogen-bond acceptors (Lipinski definition) is 4. The van der Waals surface area contributed by atoms with Gasteiger partial charge in [-0.3, -0.25) is 0 Å². The molecule has 0 aromatic carbocycles. The number of aliphatic imine (C=N–C) groups is 1. The second kappa shape index (κ2) is 6.35. The number of rotatable bonds is 3. The molecular formula is C17H28N6O. The minimum atomic E-state index is 0.436. The van der Waals surface area contributed by atoms with Gasteiger partial charge in [0.1, 0.15) is 12.4 Å². The van der Waals surface area contributed by atoms with Gasteiger partial charge in [0, 0.05) is 39.4 Å². The molecule has 0 bridgehead atoms. The Hall–Kier alpha value is -1.63. The molecule has 3 heterocycles. The van der Waals surface area contributed by atoms with Gasteiger partial charge in [0.2, 0.25) is 0 Å². The molecule has 3 aliphatic rings. The van der Waals surface area contributed by atoms with Crippen molar-refractivity contribution in [2.45, 2.75) is 51.6 Å². The molecule has 7 nitrogen and oxygen atoms in total. The lowest BCUT2D eigenvalue weighted by Crippen LogP contribution is -2.43. The largest absolute Gasteiger partial charge is 0.381 e. The van der Waals surface area contributed by atoms with E-state index >= 15 is 0 Å². The highest BCUT2D eigenvalue weighted by atomic mass is 16.5. The predicted molar refractivity (Wildman–Crippen MR) is 91.7 cm³/mol. The lowest BCUT2D eigenvalue weighted by molar-refractivity contribution is 0.0217. The summed E-state index contributed by atoms with van der Waals surface area (Å²) >= 11 is 0. The number of aromatic nitrogens is 3. The molecule has 132 valence electrons. The van der Waals surface area contributed by atoms with Gasteiger partial charge in [-0.2, -0.15) is 0 Å². The van der Waals surface area contributed by atoms with Gasteiger partial charge in [0.15, 0.2) is 11.8 Å². The summed E-state index contributed by atoms with van der Waals surface area (Å²) in [5.74, 6) is 2.91. The number of nitrogens with one attached hydrogen (secondary N) is 1. The summed E-state index contributed by atoms with van der Waals surface area (Å²) in [6, 6.07) is 0.608. The molecule has 3 fully saturated rings. The van der Waals surface area contributed by atoms with Crippen molar-refractivity contribution < 1.29 is 4.74 Å². The van der Waals surface area contributed by atoms with Gasteiger partial charge >= 0.3 is 0 Å². The van der Waals surface area contributed by atoms with Crippen LogP contribution >= 0.6 is 0 Å². The Morgan fingerprint density at radius 1 is 1.29 bits per heavy atom. The first kappa shape index (κ1) is 15.9. The van der Waals surface area contributed by atoms with E-state index in [4.69, 9.17) is 9.73 Å². The van der Waals surface area contributed by atoms with Crippen molar-refractivity contribution in [3.63, 3.8) is 0 Å². The van der Waals surface area contributed by atoms with Gasteiger partial charge in [-0.05, 0) is 44.4 Å². The molecular weight excluding hydrogens is 304 g/mol. The number of aryl methyl sites for hydroxylation is 1. The molecule has 1 aromatic rings. The van der Waals surface area contributed by atoms with E-state index in [1.807, 2.05) is 18.5 Å². The van der Waals surface area contributed by atoms with E-state index in [-0.39, 0.29) is 0 Å². The maximum atomic E-state index is 5.56. The fourth-order valence-corrected chi connectivity index (χ4v) is 3.71. The highest BCUT2D eigenvalue weighted by Gasteiger charge is 2.41. The molecule has 4 rings (SSSR count). The molecule has 2 saturated heterocycles. The molecule has 1 aromatic heterocycles. The standard InChI is InChI=1S/C17H28N6O/c1-13-20-21-15(22(13)2)11-18-16(19-14-3-4-14)23-8-5-17(12-23)6-9-24-10-7-17/h14H,3-12H2,1-2H3,(H,18,19). The summed E-state index contributed by atoms with van der Waals surface area (Å²) < 4.78 is 7.58. The fourth-order valence-electron chi connectivity index (χ4n) is 3.71. The van der Waals surface area contributed by atoms with E-state index in [2.05, 4.69) is 20.4 Å². The molecule has 24 heavy (non-hydrogen) atoms. The third-order valence-electron chi connectivity index (χ3n) is 5.75. The van der Waals surface area contributed by atoms with Crippen molar-refractivity contribution in [3.8, 4) is 0 Å². The van der Waals surface area contributed by atoms with Gasteiger partial charge in [0.25, 0.3) is 0 Å². The molecule has 0 radical (unpaired) electrons. The monoisotopic (exact) mass is 332 g/mol. The van der Waals surface area contributed by atoms with Crippen LogP contribution in [-0.4, -0.2) is 58.0 Å². The van der Waals surface area contributed by atoms with Crippen LogP contribution in [0.25, 0.3) is 0 Å². The summed E-state index contributed by atoms with van der Waals surface area (Å²) in [5.41, 5.74) is 0.436. The van der Waals surface area contributed by atoms with Crippen molar-refractivity contribution in [1.82, 2.24) is 25.0 Å². The fraction of sp³-hybridized carbons (Fsp3) is 0.824. The summed E-state index contributed by atoms with van der Waals surface area (Å²) in [5, 5.41) is 12.0. The van der Waals surface area contributed by atoms with Crippen molar-refractivity contribution >= 4 is 5.96 Å². The topological polar surface area (TPSA) is 67.6 Å². The lowest BCUT2D eigenvalue weighted by Gasteiger charge is -2.33. The maximum absolute atomic E-state index is 5.56. The first-order valence-corrected chi connectivity index (χ1v) is 9.14. The molecule has 2 aliphatic heterocycles.